The number of rotatable bonds is 4. The molecule has 158 valence electrons. The summed E-state index contributed by atoms with van der Waals surface area (Å²) in [4.78, 5) is 9.24. The maximum Gasteiger partial charge on any atom is 0.433 e. The number of halogens is 3. The summed E-state index contributed by atoms with van der Waals surface area (Å²) >= 11 is 0. The third-order valence-electron chi connectivity index (χ3n) is 4.59. The van der Waals surface area contributed by atoms with E-state index in [0.29, 0.717) is 5.56 Å². The number of benzene rings is 1. The van der Waals surface area contributed by atoms with Crippen LogP contribution in [0.2, 0.25) is 0 Å². The molecule has 0 aliphatic carbocycles. The predicted molar refractivity (Wildman–Crippen MR) is 97.6 cm³/mol. The van der Waals surface area contributed by atoms with E-state index in [9.17, 15) is 23.4 Å². The first-order valence-electron chi connectivity index (χ1n) is 9.02. The van der Waals surface area contributed by atoms with Gasteiger partial charge in [-0.1, -0.05) is 24.3 Å². The number of hydrogen-bond acceptors (Lipinski definition) is 8. The van der Waals surface area contributed by atoms with Gasteiger partial charge in [0.05, 0.1) is 6.54 Å². The summed E-state index contributed by atoms with van der Waals surface area (Å²) < 4.78 is 49.3. The SMILES string of the molecule is O[C@@H]1[C@@H](Oc2cccc(C(F)(F)F)n2)CN(c2noc(-c3ccccc3)n2)C[C@@H]1O. The van der Waals surface area contributed by atoms with Crippen LogP contribution in [0.1, 0.15) is 5.69 Å². The van der Waals surface area contributed by atoms with Gasteiger partial charge in [-0.25, -0.2) is 4.98 Å². The van der Waals surface area contributed by atoms with E-state index in [1.807, 2.05) is 18.2 Å². The van der Waals surface area contributed by atoms with Gasteiger partial charge in [-0.2, -0.15) is 18.2 Å². The van der Waals surface area contributed by atoms with Crippen LogP contribution >= 0.6 is 0 Å². The third-order valence-corrected chi connectivity index (χ3v) is 4.59. The quantitative estimate of drug-likeness (QED) is 0.659. The van der Waals surface area contributed by atoms with E-state index in [1.54, 1.807) is 12.1 Å². The number of pyridine rings is 1. The van der Waals surface area contributed by atoms with Crippen LogP contribution in [0.3, 0.4) is 0 Å². The zero-order valence-corrected chi connectivity index (χ0v) is 15.4. The molecule has 0 spiro atoms. The summed E-state index contributed by atoms with van der Waals surface area (Å²) in [5, 5.41) is 24.4. The lowest BCUT2D eigenvalue weighted by Gasteiger charge is -2.38. The maximum absolute atomic E-state index is 12.9. The lowest BCUT2D eigenvalue weighted by atomic mass is 10.0. The third kappa shape index (κ3) is 4.21. The van der Waals surface area contributed by atoms with Gasteiger partial charge in [0.15, 0.2) is 0 Å². The average molecular weight is 422 g/mol. The van der Waals surface area contributed by atoms with Gasteiger partial charge in [0.1, 0.15) is 24.0 Å². The first-order chi connectivity index (χ1) is 14.3. The Bertz CT molecular complexity index is 999. The first kappa shape index (κ1) is 20.1. The molecule has 1 saturated heterocycles. The summed E-state index contributed by atoms with van der Waals surface area (Å²) in [5.41, 5.74) is -0.414. The average Bonchev–Trinajstić information content (AvgIpc) is 3.22. The van der Waals surface area contributed by atoms with E-state index in [4.69, 9.17) is 9.26 Å². The van der Waals surface area contributed by atoms with Crippen LogP contribution in [0.15, 0.2) is 53.1 Å². The van der Waals surface area contributed by atoms with Gasteiger partial charge >= 0.3 is 6.18 Å². The van der Waals surface area contributed by atoms with Crippen molar-refractivity contribution in [3.63, 3.8) is 0 Å². The molecule has 0 unspecified atom stereocenters. The summed E-state index contributed by atoms with van der Waals surface area (Å²) in [5.74, 6) is 0.106. The topological polar surface area (TPSA) is 105 Å². The highest BCUT2D eigenvalue weighted by molar-refractivity contribution is 5.54. The zero-order valence-electron chi connectivity index (χ0n) is 15.4. The molecule has 2 aromatic heterocycles. The summed E-state index contributed by atoms with van der Waals surface area (Å²) in [7, 11) is 0. The standard InChI is InChI=1S/C19H17F3N4O4/c20-19(21,22)14-7-4-8-15(23-14)29-13-10-26(9-12(27)16(13)28)18-24-17(30-25-18)11-5-2-1-3-6-11/h1-8,12-13,16,27-28H,9-10H2/t12-,13-,16-/m0/s1. The Labute approximate surface area is 168 Å². The van der Waals surface area contributed by atoms with Gasteiger partial charge in [0.2, 0.25) is 5.88 Å². The number of hydrogen-bond donors (Lipinski definition) is 2. The van der Waals surface area contributed by atoms with Gasteiger partial charge in [-0.15, -0.1) is 0 Å². The van der Waals surface area contributed by atoms with Crippen molar-refractivity contribution in [2.45, 2.75) is 24.5 Å². The molecule has 3 heterocycles. The summed E-state index contributed by atoms with van der Waals surface area (Å²) in [6.45, 7) is -0.00523. The Kier molecular flexibility index (Phi) is 5.31. The largest absolute Gasteiger partial charge is 0.470 e. The molecule has 2 N–H and O–H groups in total. The molecule has 3 aromatic rings. The van der Waals surface area contributed by atoms with E-state index in [0.717, 1.165) is 12.1 Å². The second-order valence-electron chi connectivity index (χ2n) is 6.74. The van der Waals surface area contributed by atoms with Crippen molar-refractivity contribution >= 4 is 5.95 Å². The van der Waals surface area contributed by atoms with Crippen molar-refractivity contribution in [2.75, 3.05) is 18.0 Å². The number of nitrogens with zero attached hydrogens (tertiary/aromatic N) is 4. The Morgan fingerprint density at radius 3 is 2.50 bits per heavy atom. The number of aromatic nitrogens is 3. The highest BCUT2D eigenvalue weighted by Crippen LogP contribution is 2.29. The fraction of sp³-hybridized carbons (Fsp3) is 0.316. The molecule has 0 radical (unpaired) electrons. The number of aliphatic hydroxyl groups is 2. The van der Waals surface area contributed by atoms with Crippen LogP contribution in [0, 0.1) is 0 Å². The second kappa shape index (κ2) is 7.92. The molecule has 3 atom stereocenters. The van der Waals surface area contributed by atoms with E-state index in [-0.39, 0.29) is 30.8 Å². The molecule has 0 saturated carbocycles. The minimum Gasteiger partial charge on any atom is -0.470 e. The molecule has 8 nitrogen and oxygen atoms in total. The van der Waals surface area contributed by atoms with Crippen LogP contribution in [0.25, 0.3) is 11.5 Å². The molecule has 1 aromatic carbocycles. The van der Waals surface area contributed by atoms with E-state index >= 15 is 0 Å². The fourth-order valence-electron chi connectivity index (χ4n) is 3.09. The molecule has 11 heteroatoms. The Hall–Kier alpha value is -3.18. The van der Waals surface area contributed by atoms with Crippen LogP contribution in [-0.4, -0.2) is 56.7 Å². The monoisotopic (exact) mass is 422 g/mol. The zero-order chi connectivity index (χ0) is 21.3. The van der Waals surface area contributed by atoms with Crippen LogP contribution in [0.4, 0.5) is 19.1 Å². The Balaban J connectivity index is 1.52. The predicted octanol–water partition coefficient (Wildman–Crippen LogP) is 2.14. The lowest BCUT2D eigenvalue weighted by molar-refractivity contribution is -0.141. The highest BCUT2D eigenvalue weighted by atomic mass is 19.4. The van der Waals surface area contributed by atoms with E-state index in [1.165, 1.54) is 11.0 Å². The maximum atomic E-state index is 12.9. The summed E-state index contributed by atoms with van der Waals surface area (Å²) in [6, 6.07) is 12.3. The van der Waals surface area contributed by atoms with Crippen LogP contribution in [-0.2, 0) is 6.18 Å². The van der Waals surface area contributed by atoms with Crippen molar-refractivity contribution in [2.24, 2.45) is 0 Å². The lowest BCUT2D eigenvalue weighted by Crippen LogP contribution is -2.57. The Morgan fingerprint density at radius 1 is 1.00 bits per heavy atom. The summed E-state index contributed by atoms with van der Waals surface area (Å²) in [6.07, 6.45) is -8.27. The molecule has 0 bridgehead atoms. The minimum absolute atomic E-state index is 0.00388. The van der Waals surface area contributed by atoms with Gasteiger partial charge in [0, 0.05) is 18.2 Å². The molecule has 1 fully saturated rings. The van der Waals surface area contributed by atoms with Gasteiger partial charge in [-0.3, -0.25) is 0 Å². The number of aliphatic hydroxyl groups excluding tert-OH is 2. The van der Waals surface area contributed by atoms with Crippen molar-refractivity contribution in [3.8, 4) is 17.3 Å². The van der Waals surface area contributed by atoms with Crippen molar-refractivity contribution < 1.29 is 32.6 Å². The molecule has 1 aliphatic rings. The number of anilines is 1. The molecule has 0 amide bonds. The van der Waals surface area contributed by atoms with Crippen molar-refractivity contribution in [1.82, 2.24) is 15.1 Å². The minimum atomic E-state index is -4.63. The fourth-order valence-corrected chi connectivity index (χ4v) is 3.09. The normalized spacial score (nSPS) is 22.2. The first-order valence-corrected chi connectivity index (χ1v) is 9.02. The number of ether oxygens (including phenoxy) is 1. The second-order valence-corrected chi connectivity index (χ2v) is 6.74. The van der Waals surface area contributed by atoms with Gasteiger partial charge in [0.25, 0.3) is 11.8 Å². The van der Waals surface area contributed by atoms with Gasteiger partial charge < -0.3 is 24.4 Å². The van der Waals surface area contributed by atoms with E-state index < -0.39 is 30.2 Å². The number of piperidine rings is 1. The smallest absolute Gasteiger partial charge is 0.433 e. The number of alkyl halides is 3. The molecular formula is C19H17F3N4O4. The number of β-amino-alcohol motifs (C(OH)–C–C–N with tert-alkyl or cyclic N) is 1. The highest BCUT2D eigenvalue weighted by Gasteiger charge is 2.39. The van der Waals surface area contributed by atoms with Gasteiger partial charge in [-0.05, 0) is 23.4 Å². The van der Waals surface area contributed by atoms with Crippen molar-refractivity contribution in [1.29, 1.82) is 0 Å². The molecule has 30 heavy (non-hydrogen) atoms. The van der Waals surface area contributed by atoms with E-state index in [2.05, 4.69) is 15.1 Å². The molecule has 1 aliphatic heterocycles. The van der Waals surface area contributed by atoms with Crippen LogP contribution < -0.4 is 9.64 Å². The van der Waals surface area contributed by atoms with Crippen LogP contribution in [0.5, 0.6) is 5.88 Å². The Morgan fingerprint density at radius 2 is 1.77 bits per heavy atom. The molecular weight excluding hydrogens is 405 g/mol. The van der Waals surface area contributed by atoms with Crippen molar-refractivity contribution in [3.05, 3.63) is 54.2 Å². The molecule has 4 rings (SSSR count).